The minimum Gasteiger partial charge on any atom is -0.472 e. The van der Waals surface area contributed by atoms with Gasteiger partial charge in [-0.15, -0.1) is 0 Å². The van der Waals surface area contributed by atoms with E-state index in [4.69, 9.17) is 9.72 Å². The van der Waals surface area contributed by atoms with Gasteiger partial charge in [-0.05, 0) is 43.5 Å². The van der Waals surface area contributed by atoms with Gasteiger partial charge in [-0.25, -0.2) is 4.98 Å². The molecule has 0 bridgehead atoms. The van der Waals surface area contributed by atoms with Gasteiger partial charge in [-0.3, -0.25) is 9.48 Å². The van der Waals surface area contributed by atoms with E-state index in [9.17, 15) is 4.79 Å². The van der Waals surface area contributed by atoms with Crippen molar-refractivity contribution in [3.63, 3.8) is 0 Å². The molecule has 2 aliphatic heterocycles. The van der Waals surface area contributed by atoms with E-state index in [1.54, 1.807) is 0 Å². The number of carbonyl (C=O) groups excluding carboxylic acids is 1. The van der Waals surface area contributed by atoms with Crippen LogP contribution in [0.1, 0.15) is 25.0 Å². The van der Waals surface area contributed by atoms with Gasteiger partial charge >= 0.3 is 0 Å². The Bertz CT molecular complexity index is 1290. The third kappa shape index (κ3) is 3.50. The van der Waals surface area contributed by atoms with Crippen LogP contribution >= 0.6 is 0 Å². The van der Waals surface area contributed by atoms with Crippen molar-refractivity contribution in [2.45, 2.75) is 32.2 Å². The molecule has 8 heteroatoms. The average molecular weight is 445 g/mol. The summed E-state index contributed by atoms with van der Waals surface area (Å²) in [6.07, 6.45) is 2.87. The lowest BCUT2D eigenvalue weighted by molar-refractivity contribution is -0.119. The molecule has 2 aromatic heterocycles. The molecule has 1 amide bonds. The van der Waals surface area contributed by atoms with Crippen LogP contribution < -0.4 is 20.3 Å². The average Bonchev–Trinajstić information content (AvgIpc) is 3.30. The van der Waals surface area contributed by atoms with E-state index in [-0.39, 0.29) is 11.8 Å². The summed E-state index contributed by atoms with van der Waals surface area (Å²) < 4.78 is 8.20. The van der Waals surface area contributed by atoms with Gasteiger partial charge in [0, 0.05) is 42.9 Å². The second kappa shape index (κ2) is 7.50. The smallest absolute Gasteiger partial charge is 0.240 e. The number of pyridine rings is 1. The summed E-state index contributed by atoms with van der Waals surface area (Å²) in [5, 5.41) is 12.1. The van der Waals surface area contributed by atoms with Crippen LogP contribution in [0.5, 0.6) is 5.88 Å². The molecule has 0 radical (unpaired) electrons. The minimum atomic E-state index is 0.0763. The van der Waals surface area contributed by atoms with Crippen molar-refractivity contribution in [2.24, 2.45) is 13.0 Å². The van der Waals surface area contributed by atoms with E-state index < -0.39 is 0 Å². The first-order chi connectivity index (χ1) is 16.0. The first kappa shape index (κ1) is 20.1. The molecule has 4 heterocycles. The molecule has 3 aromatic rings. The number of carbonyl (C=O) groups is 1. The van der Waals surface area contributed by atoms with Crippen LogP contribution in [0.3, 0.4) is 0 Å². The predicted molar refractivity (Wildman–Crippen MR) is 128 cm³/mol. The number of rotatable bonds is 6. The van der Waals surface area contributed by atoms with Crippen LogP contribution in [0.2, 0.25) is 0 Å². The van der Waals surface area contributed by atoms with Gasteiger partial charge in [0.15, 0.2) is 0 Å². The van der Waals surface area contributed by atoms with Crippen molar-refractivity contribution >= 4 is 28.2 Å². The molecule has 170 valence electrons. The number of fused-ring (bicyclic) bond motifs is 2. The Morgan fingerprint density at radius 1 is 1.27 bits per heavy atom. The standard InChI is InChI=1S/C25H28N6O2/c1-14(17-9-23(32)26-11-17)12-33-25-24-21(27-13-31(24)18-5-6-18)10-20(28-25)16-4-7-22-19(8-16)15(2)29-30(22)3/h4,7-8,10,17-18,27H,1,5-6,9,11-13H2,2-3H3,(H,26,32)/t17-/m1/s1. The van der Waals surface area contributed by atoms with Gasteiger partial charge in [0.25, 0.3) is 0 Å². The van der Waals surface area contributed by atoms with Crippen LogP contribution in [0.15, 0.2) is 36.4 Å². The summed E-state index contributed by atoms with van der Waals surface area (Å²) in [6, 6.07) is 8.99. The molecule has 33 heavy (non-hydrogen) atoms. The summed E-state index contributed by atoms with van der Waals surface area (Å²) in [4.78, 5) is 18.9. The van der Waals surface area contributed by atoms with E-state index in [0.29, 0.717) is 31.5 Å². The van der Waals surface area contributed by atoms with Crippen molar-refractivity contribution in [2.75, 3.05) is 30.0 Å². The van der Waals surface area contributed by atoms with Gasteiger partial charge in [0.2, 0.25) is 11.8 Å². The number of hydrogen-bond donors (Lipinski definition) is 2. The number of benzene rings is 1. The van der Waals surface area contributed by atoms with Crippen LogP contribution in [0, 0.1) is 12.8 Å². The highest BCUT2D eigenvalue weighted by atomic mass is 16.5. The topological polar surface area (TPSA) is 84.3 Å². The number of nitrogens with zero attached hydrogens (tertiary/aromatic N) is 4. The Labute approximate surface area is 192 Å². The van der Waals surface area contributed by atoms with E-state index in [1.165, 1.54) is 12.8 Å². The number of hydrogen-bond acceptors (Lipinski definition) is 6. The zero-order chi connectivity index (χ0) is 22.7. The second-order valence-electron chi connectivity index (χ2n) is 9.34. The maximum Gasteiger partial charge on any atom is 0.240 e. The van der Waals surface area contributed by atoms with Gasteiger partial charge in [-0.2, -0.15) is 5.10 Å². The maximum absolute atomic E-state index is 11.6. The highest BCUT2D eigenvalue weighted by Crippen LogP contribution is 2.46. The molecule has 6 rings (SSSR count). The molecule has 0 spiro atoms. The lowest BCUT2D eigenvalue weighted by Gasteiger charge is -2.21. The number of nitrogens with one attached hydrogen (secondary N) is 2. The zero-order valence-corrected chi connectivity index (χ0v) is 19.0. The Balaban J connectivity index is 1.35. The quantitative estimate of drug-likeness (QED) is 0.567. The fourth-order valence-corrected chi connectivity index (χ4v) is 4.90. The van der Waals surface area contributed by atoms with Crippen molar-refractivity contribution in [1.82, 2.24) is 20.1 Å². The monoisotopic (exact) mass is 444 g/mol. The molecule has 2 N–H and O–H groups in total. The first-order valence-corrected chi connectivity index (χ1v) is 11.5. The Morgan fingerprint density at radius 3 is 2.88 bits per heavy atom. The number of ether oxygens (including phenoxy) is 1. The van der Waals surface area contributed by atoms with E-state index in [2.05, 4.69) is 51.5 Å². The molecule has 1 aromatic carbocycles. The fourth-order valence-electron chi connectivity index (χ4n) is 4.90. The highest BCUT2D eigenvalue weighted by molar-refractivity contribution is 5.89. The molecule has 3 aliphatic rings. The predicted octanol–water partition coefficient (Wildman–Crippen LogP) is 3.37. The molecule has 2 fully saturated rings. The third-order valence-electron chi connectivity index (χ3n) is 6.96. The fraction of sp³-hybridized carbons (Fsp3) is 0.400. The number of amides is 1. The highest BCUT2D eigenvalue weighted by Gasteiger charge is 2.37. The summed E-state index contributed by atoms with van der Waals surface area (Å²) in [6.45, 7) is 7.97. The molecular weight excluding hydrogens is 416 g/mol. The Hall–Kier alpha value is -3.55. The zero-order valence-electron chi connectivity index (χ0n) is 19.0. The van der Waals surface area contributed by atoms with Gasteiger partial charge in [0.1, 0.15) is 12.3 Å². The van der Waals surface area contributed by atoms with Crippen molar-refractivity contribution in [3.05, 3.63) is 42.1 Å². The molecule has 8 nitrogen and oxygen atoms in total. The Morgan fingerprint density at radius 2 is 2.12 bits per heavy atom. The molecule has 1 saturated carbocycles. The molecule has 1 saturated heterocycles. The van der Waals surface area contributed by atoms with Crippen LogP contribution in [0.4, 0.5) is 11.4 Å². The van der Waals surface area contributed by atoms with Crippen LogP contribution in [0.25, 0.3) is 22.2 Å². The van der Waals surface area contributed by atoms with Crippen molar-refractivity contribution < 1.29 is 9.53 Å². The molecular formula is C25H28N6O2. The van der Waals surface area contributed by atoms with E-state index >= 15 is 0 Å². The lowest BCUT2D eigenvalue weighted by Crippen LogP contribution is -2.25. The van der Waals surface area contributed by atoms with Crippen molar-refractivity contribution in [1.29, 1.82) is 0 Å². The summed E-state index contributed by atoms with van der Waals surface area (Å²) in [5.74, 6) is 0.815. The lowest BCUT2D eigenvalue weighted by atomic mass is 10.0. The SMILES string of the molecule is C=C(COc1nc(-c2ccc3c(c2)c(C)nn3C)cc2c1N(C1CC1)CN2)[C@H]1CNC(=O)C1. The minimum absolute atomic E-state index is 0.0763. The normalized spacial score (nSPS) is 19.5. The van der Waals surface area contributed by atoms with Crippen LogP contribution in [-0.4, -0.2) is 46.5 Å². The summed E-state index contributed by atoms with van der Waals surface area (Å²) in [7, 11) is 1.96. The summed E-state index contributed by atoms with van der Waals surface area (Å²) >= 11 is 0. The van der Waals surface area contributed by atoms with Gasteiger partial charge < -0.3 is 20.3 Å². The second-order valence-corrected chi connectivity index (χ2v) is 9.34. The molecule has 1 atom stereocenters. The van der Waals surface area contributed by atoms with Gasteiger partial charge in [-0.1, -0.05) is 12.6 Å². The van der Waals surface area contributed by atoms with Crippen LogP contribution in [-0.2, 0) is 11.8 Å². The van der Waals surface area contributed by atoms with Crippen molar-refractivity contribution in [3.8, 4) is 17.1 Å². The van der Waals surface area contributed by atoms with E-state index in [1.807, 2.05) is 18.7 Å². The Kier molecular flexibility index (Phi) is 4.57. The number of aryl methyl sites for hydroxylation is 2. The first-order valence-electron chi connectivity index (χ1n) is 11.5. The maximum atomic E-state index is 11.6. The van der Waals surface area contributed by atoms with E-state index in [0.717, 1.165) is 51.5 Å². The number of aromatic nitrogens is 3. The number of anilines is 2. The molecule has 0 unspecified atom stereocenters. The van der Waals surface area contributed by atoms with Gasteiger partial charge in [0.05, 0.1) is 29.3 Å². The summed E-state index contributed by atoms with van der Waals surface area (Å²) in [5.41, 5.74) is 7.00. The third-order valence-corrected chi connectivity index (χ3v) is 6.96. The molecule has 1 aliphatic carbocycles. The largest absolute Gasteiger partial charge is 0.472 e.